The highest BCUT2D eigenvalue weighted by atomic mass is 35.5. The topological polar surface area (TPSA) is 22.0 Å². The van der Waals surface area contributed by atoms with Gasteiger partial charge in [0, 0.05) is 11.6 Å². The molecule has 0 bridgehead atoms. The first-order valence-corrected chi connectivity index (χ1v) is 12.3. The van der Waals surface area contributed by atoms with E-state index in [1.54, 1.807) is 0 Å². The molecule has 5 rings (SSSR count). The van der Waals surface area contributed by atoms with Gasteiger partial charge in [-0.3, -0.25) is 4.79 Å². The third kappa shape index (κ3) is 5.69. The van der Waals surface area contributed by atoms with Crippen molar-refractivity contribution in [3.8, 4) is 22.4 Å². The van der Waals surface area contributed by atoms with Crippen molar-refractivity contribution >= 4 is 22.4 Å². The molecule has 0 atom stereocenters. The Labute approximate surface area is 232 Å². The van der Waals surface area contributed by atoms with Gasteiger partial charge in [0.05, 0.1) is 33.8 Å². The van der Waals surface area contributed by atoms with E-state index in [2.05, 4.69) is 0 Å². The first-order valence-electron chi connectivity index (χ1n) is 11.9. The maximum absolute atomic E-state index is 14.6. The molecule has 210 valence electrons. The number of rotatable bonds is 4. The van der Waals surface area contributed by atoms with Crippen LogP contribution >= 0.6 is 11.6 Å². The number of aromatic nitrogens is 1. The van der Waals surface area contributed by atoms with Crippen LogP contribution in [-0.2, 0) is 18.9 Å². The molecule has 1 aromatic heterocycles. The zero-order valence-corrected chi connectivity index (χ0v) is 21.3. The zero-order valence-electron chi connectivity index (χ0n) is 20.5. The molecule has 4 aromatic carbocycles. The van der Waals surface area contributed by atoms with E-state index in [1.807, 2.05) is 0 Å². The number of hydrogen-bond acceptors (Lipinski definition) is 1. The van der Waals surface area contributed by atoms with Gasteiger partial charge in [0.15, 0.2) is 0 Å². The minimum Gasteiger partial charge on any atom is -0.303 e. The van der Waals surface area contributed by atoms with Gasteiger partial charge < -0.3 is 4.57 Å². The van der Waals surface area contributed by atoms with Gasteiger partial charge >= 0.3 is 12.4 Å². The maximum atomic E-state index is 14.6. The molecule has 5 aromatic rings. The fourth-order valence-corrected chi connectivity index (χ4v) is 4.82. The SMILES string of the molecule is O=c1c2c(Cl)cccc2cc(-c2cc(-c3cccc(C(F)(F)F)c3)cc(C(F)(F)F)c2)n1Cc1ccc(F)cc1F. The smallest absolute Gasteiger partial charge is 0.303 e. The second kappa shape index (κ2) is 10.3. The molecule has 41 heavy (non-hydrogen) atoms. The average molecular weight is 594 g/mol. The van der Waals surface area contributed by atoms with Gasteiger partial charge in [0.1, 0.15) is 11.6 Å². The van der Waals surface area contributed by atoms with E-state index in [-0.39, 0.29) is 43.7 Å². The van der Waals surface area contributed by atoms with Crippen molar-refractivity contribution in [2.75, 3.05) is 0 Å². The highest BCUT2D eigenvalue weighted by molar-refractivity contribution is 6.35. The van der Waals surface area contributed by atoms with Gasteiger partial charge in [-0.2, -0.15) is 26.3 Å². The Morgan fingerprint density at radius 1 is 0.683 bits per heavy atom. The summed E-state index contributed by atoms with van der Waals surface area (Å²) in [7, 11) is 0. The molecule has 11 heteroatoms. The molecule has 0 unspecified atom stereocenters. The first-order chi connectivity index (χ1) is 19.2. The Hall–Kier alpha value is -4.18. The van der Waals surface area contributed by atoms with Gasteiger partial charge in [-0.15, -0.1) is 0 Å². The van der Waals surface area contributed by atoms with E-state index < -0.39 is 47.2 Å². The largest absolute Gasteiger partial charge is 0.416 e. The van der Waals surface area contributed by atoms with Crippen molar-refractivity contribution in [1.82, 2.24) is 4.57 Å². The molecule has 1 heterocycles. The number of nitrogens with zero attached hydrogens (tertiary/aromatic N) is 1. The Kier molecular flexibility index (Phi) is 7.15. The minimum absolute atomic E-state index is 0.0190. The monoisotopic (exact) mass is 593 g/mol. The number of benzene rings is 4. The number of halogens is 9. The number of fused-ring (bicyclic) bond motifs is 1. The van der Waals surface area contributed by atoms with Gasteiger partial charge in [0.25, 0.3) is 5.56 Å². The normalized spacial score (nSPS) is 12.2. The molecule has 2 nitrogen and oxygen atoms in total. The van der Waals surface area contributed by atoms with Crippen LogP contribution in [-0.4, -0.2) is 4.57 Å². The Morgan fingerprint density at radius 3 is 2.02 bits per heavy atom. The van der Waals surface area contributed by atoms with Crippen LogP contribution in [0.1, 0.15) is 16.7 Å². The first kappa shape index (κ1) is 28.4. The van der Waals surface area contributed by atoms with Crippen molar-refractivity contribution in [1.29, 1.82) is 0 Å². The number of hydrogen-bond donors (Lipinski definition) is 0. The van der Waals surface area contributed by atoms with E-state index in [0.717, 1.165) is 41.0 Å². The molecule has 0 aliphatic carbocycles. The summed E-state index contributed by atoms with van der Waals surface area (Å²) in [6.45, 7) is -0.503. The third-order valence-corrected chi connectivity index (χ3v) is 6.83. The van der Waals surface area contributed by atoms with Crippen molar-refractivity contribution in [2.24, 2.45) is 0 Å². The molecule has 0 amide bonds. The highest BCUT2D eigenvalue weighted by Gasteiger charge is 2.33. The van der Waals surface area contributed by atoms with E-state index >= 15 is 0 Å². The summed E-state index contributed by atoms with van der Waals surface area (Å²) in [5.41, 5.74) is -3.73. The van der Waals surface area contributed by atoms with Crippen molar-refractivity contribution in [2.45, 2.75) is 18.9 Å². The Morgan fingerprint density at radius 2 is 1.34 bits per heavy atom. The summed E-state index contributed by atoms with van der Waals surface area (Å²) in [5.74, 6) is -1.86. The lowest BCUT2D eigenvalue weighted by atomic mass is 9.95. The van der Waals surface area contributed by atoms with Crippen LogP contribution in [0.15, 0.2) is 89.7 Å². The molecule has 0 aliphatic heterocycles. The lowest BCUT2D eigenvalue weighted by molar-refractivity contribution is -0.138. The van der Waals surface area contributed by atoms with E-state index in [9.17, 15) is 39.9 Å². The van der Waals surface area contributed by atoms with Crippen LogP contribution in [0, 0.1) is 11.6 Å². The lowest BCUT2D eigenvalue weighted by Crippen LogP contribution is -2.23. The quantitative estimate of drug-likeness (QED) is 0.190. The van der Waals surface area contributed by atoms with Gasteiger partial charge in [-0.05, 0) is 70.6 Å². The molecule has 0 fully saturated rings. The maximum Gasteiger partial charge on any atom is 0.416 e. The zero-order chi connectivity index (χ0) is 29.7. The van der Waals surface area contributed by atoms with Gasteiger partial charge in [0.2, 0.25) is 0 Å². The van der Waals surface area contributed by atoms with E-state index in [0.29, 0.717) is 12.1 Å². The van der Waals surface area contributed by atoms with Gasteiger partial charge in [-0.1, -0.05) is 41.9 Å². The number of pyridine rings is 1. The third-order valence-electron chi connectivity index (χ3n) is 6.51. The highest BCUT2D eigenvalue weighted by Crippen LogP contribution is 2.39. The minimum atomic E-state index is -4.90. The van der Waals surface area contributed by atoms with Crippen LogP contribution in [0.2, 0.25) is 5.02 Å². The van der Waals surface area contributed by atoms with Crippen LogP contribution in [0.25, 0.3) is 33.2 Å². The summed E-state index contributed by atoms with van der Waals surface area (Å²) in [5, 5.41) is 0.331. The van der Waals surface area contributed by atoms with Crippen LogP contribution in [0.5, 0.6) is 0 Å². The second-order valence-electron chi connectivity index (χ2n) is 9.24. The molecular formula is C30H16ClF8NO. The fourth-order valence-electron chi connectivity index (χ4n) is 4.55. The lowest BCUT2D eigenvalue weighted by Gasteiger charge is -2.19. The van der Waals surface area contributed by atoms with Crippen molar-refractivity contribution < 1.29 is 35.1 Å². The summed E-state index contributed by atoms with van der Waals surface area (Å²) in [6.07, 6.45) is -9.64. The predicted octanol–water partition coefficient (Wildman–Crippen LogP) is 9.35. The number of alkyl halides is 6. The summed E-state index contributed by atoms with van der Waals surface area (Å²) in [6, 6.07) is 15.0. The van der Waals surface area contributed by atoms with E-state index in [1.165, 1.54) is 36.4 Å². The molecule has 0 radical (unpaired) electrons. The van der Waals surface area contributed by atoms with Gasteiger partial charge in [-0.25, -0.2) is 8.78 Å². The molecule has 0 saturated heterocycles. The Bertz CT molecular complexity index is 1860. The standard InChI is InChI=1S/C30H16ClF8NO/c31-24-6-2-4-17-13-26(40(28(41)27(17)24)15-18-7-8-23(32)14-25(18)33)20-9-19(11-22(12-20)30(37,38)39)16-3-1-5-21(10-16)29(34,35)36/h1-14H,15H2. The fraction of sp³-hybridized carbons (Fsp3) is 0.100. The molecule has 0 spiro atoms. The Balaban J connectivity index is 1.81. The predicted molar refractivity (Wildman–Crippen MR) is 140 cm³/mol. The van der Waals surface area contributed by atoms with Crippen LogP contribution < -0.4 is 5.56 Å². The van der Waals surface area contributed by atoms with Crippen molar-refractivity contribution in [3.05, 3.63) is 129 Å². The van der Waals surface area contributed by atoms with Crippen LogP contribution in [0.3, 0.4) is 0 Å². The van der Waals surface area contributed by atoms with Crippen molar-refractivity contribution in [3.63, 3.8) is 0 Å². The molecule has 0 N–H and O–H groups in total. The molecule has 0 aliphatic rings. The summed E-state index contributed by atoms with van der Waals surface area (Å²) in [4.78, 5) is 13.7. The molecular weight excluding hydrogens is 578 g/mol. The second-order valence-corrected chi connectivity index (χ2v) is 9.64. The summed E-state index contributed by atoms with van der Waals surface area (Å²) < 4.78 is 111. The van der Waals surface area contributed by atoms with E-state index in [4.69, 9.17) is 11.6 Å². The van der Waals surface area contributed by atoms with Crippen LogP contribution in [0.4, 0.5) is 35.1 Å². The average Bonchev–Trinajstić information content (AvgIpc) is 2.90. The molecule has 0 saturated carbocycles. The summed E-state index contributed by atoms with van der Waals surface area (Å²) >= 11 is 6.25.